The summed E-state index contributed by atoms with van der Waals surface area (Å²) in [5.74, 6) is 1.40. The molecule has 0 bridgehead atoms. The highest BCUT2D eigenvalue weighted by molar-refractivity contribution is 5.80. The summed E-state index contributed by atoms with van der Waals surface area (Å²) in [6.45, 7) is 10.2. The zero-order valence-corrected chi connectivity index (χ0v) is 18.6. The second-order valence-corrected chi connectivity index (χ2v) is 8.69. The van der Waals surface area contributed by atoms with Crippen LogP contribution in [-0.2, 0) is 18.5 Å². The molecule has 0 aliphatic carbocycles. The Morgan fingerprint density at radius 2 is 1.78 bits per heavy atom. The maximum atomic E-state index is 13.1. The molecule has 0 saturated heterocycles. The summed E-state index contributed by atoms with van der Waals surface area (Å²) in [7, 11) is 0. The van der Waals surface area contributed by atoms with Crippen molar-refractivity contribution in [1.29, 1.82) is 0 Å². The summed E-state index contributed by atoms with van der Waals surface area (Å²) in [6, 6.07) is 16.2. The second-order valence-electron chi connectivity index (χ2n) is 8.69. The molecule has 0 atom stereocenters. The van der Waals surface area contributed by atoms with Gasteiger partial charge in [-0.3, -0.25) is 4.57 Å². The van der Waals surface area contributed by atoms with Gasteiger partial charge in [-0.2, -0.15) is 5.10 Å². The van der Waals surface area contributed by atoms with Crippen LogP contribution < -0.4 is 5.69 Å². The molecule has 8 heteroatoms. The van der Waals surface area contributed by atoms with Crippen molar-refractivity contribution in [3.63, 3.8) is 0 Å². The highest BCUT2D eigenvalue weighted by Crippen LogP contribution is 2.29. The fraction of sp³-hybridized carbons (Fsp3) is 0.292. The number of nitrogens with zero attached hydrogens (tertiary/aromatic N) is 6. The molecule has 2 aromatic carbocycles. The summed E-state index contributed by atoms with van der Waals surface area (Å²) < 4.78 is 3.33. The Kier molecular flexibility index (Phi) is 5.85. The topological polar surface area (TPSA) is 94.3 Å². The SMILES string of the molecule is C=CCCc1nn(C(C)(C)C)c(=O)n1Cc1ccc(-c2ccccc2-c2nnn[nH]2)cc1. The van der Waals surface area contributed by atoms with Crippen LogP contribution in [0.25, 0.3) is 22.5 Å². The van der Waals surface area contributed by atoms with E-state index in [-0.39, 0.29) is 11.2 Å². The number of rotatable bonds is 7. The van der Waals surface area contributed by atoms with Crippen LogP contribution in [0.1, 0.15) is 38.6 Å². The van der Waals surface area contributed by atoms with Crippen molar-refractivity contribution in [1.82, 2.24) is 35.0 Å². The van der Waals surface area contributed by atoms with Gasteiger partial charge in [0.05, 0.1) is 12.1 Å². The molecule has 8 nitrogen and oxygen atoms in total. The summed E-state index contributed by atoms with van der Waals surface area (Å²) in [6.07, 6.45) is 3.30. The van der Waals surface area contributed by atoms with Gasteiger partial charge in [-0.05, 0) is 54.3 Å². The van der Waals surface area contributed by atoms with E-state index >= 15 is 0 Å². The number of H-pyrrole nitrogens is 1. The number of nitrogens with one attached hydrogen (secondary N) is 1. The molecule has 0 radical (unpaired) electrons. The van der Waals surface area contributed by atoms with E-state index in [1.54, 1.807) is 9.25 Å². The molecular weight excluding hydrogens is 402 g/mol. The molecule has 2 heterocycles. The van der Waals surface area contributed by atoms with E-state index < -0.39 is 0 Å². The highest BCUT2D eigenvalue weighted by atomic mass is 16.2. The van der Waals surface area contributed by atoms with Gasteiger partial charge < -0.3 is 0 Å². The molecule has 164 valence electrons. The summed E-state index contributed by atoms with van der Waals surface area (Å²) in [4.78, 5) is 13.1. The Morgan fingerprint density at radius 1 is 1.06 bits per heavy atom. The lowest BCUT2D eigenvalue weighted by Crippen LogP contribution is -2.36. The van der Waals surface area contributed by atoms with Crippen molar-refractivity contribution in [2.24, 2.45) is 0 Å². The molecule has 4 rings (SSSR count). The minimum Gasteiger partial charge on any atom is -0.274 e. The fourth-order valence-corrected chi connectivity index (χ4v) is 3.64. The van der Waals surface area contributed by atoms with Crippen LogP contribution in [0.5, 0.6) is 0 Å². The molecule has 0 aliphatic rings. The third-order valence-electron chi connectivity index (χ3n) is 5.28. The molecule has 2 aromatic heterocycles. The monoisotopic (exact) mass is 429 g/mol. The number of aryl methyl sites for hydroxylation is 1. The first-order chi connectivity index (χ1) is 15.4. The Morgan fingerprint density at radius 3 is 2.41 bits per heavy atom. The standard InChI is InChI=1S/C24H27N7O/c1-5-6-11-21-27-31(24(2,3)4)23(32)30(21)16-17-12-14-18(15-13-17)19-9-7-8-10-20(19)22-25-28-29-26-22/h5,7-10,12-15H,1,6,11,16H2,2-4H3,(H,25,26,28,29). The maximum Gasteiger partial charge on any atom is 0.346 e. The molecule has 0 saturated carbocycles. The number of benzene rings is 2. The van der Waals surface area contributed by atoms with E-state index in [0.717, 1.165) is 34.5 Å². The first-order valence-electron chi connectivity index (χ1n) is 10.6. The van der Waals surface area contributed by atoms with Gasteiger partial charge in [0.2, 0.25) is 0 Å². The van der Waals surface area contributed by atoms with Crippen LogP contribution in [0.3, 0.4) is 0 Å². The zero-order chi connectivity index (χ0) is 22.7. The Bertz CT molecular complexity index is 1260. The number of aromatic amines is 1. The van der Waals surface area contributed by atoms with E-state index in [4.69, 9.17) is 0 Å². The maximum absolute atomic E-state index is 13.1. The predicted molar refractivity (Wildman–Crippen MR) is 124 cm³/mol. The lowest BCUT2D eigenvalue weighted by molar-refractivity contribution is 0.339. The van der Waals surface area contributed by atoms with E-state index in [9.17, 15) is 4.79 Å². The third kappa shape index (κ3) is 4.30. The quantitative estimate of drug-likeness (QED) is 0.451. The summed E-state index contributed by atoms with van der Waals surface area (Å²) in [5.41, 5.74) is 3.56. The van der Waals surface area contributed by atoms with Gasteiger partial charge >= 0.3 is 5.69 Å². The van der Waals surface area contributed by atoms with Crippen molar-refractivity contribution in [2.45, 2.75) is 45.7 Å². The van der Waals surface area contributed by atoms with Crippen molar-refractivity contribution < 1.29 is 0 Å². The molecule has 0 fully saturated rings. The van der Waals surface area contributed by atoms with Crippen LogP contribution in [0.4, 0.5) is 0 Å². The molecule has 0 spiro atoms. The summed E-state index contributed by atoms with van der Waals surface area (Å²) in [5, 5.41) is 18.9. The van der Waals surface area contributed by atoms with Gasteiger partial charge in [0.25, 0.3) is 0 Å². The molecule has 0 unspecified atom stereocenters. The Balaban J connectivity index is 1.65. The molecule has 4 aromatic rings. The van der Waals surface area contributed by atoms with Gasteiger partial charge in [-0.1, -0.05) is 54.6 Å². The van der Waals surface area contributed by atoms with Gasteiger partial charge in [0.15, 0.2) is 5.82 Å². The highest BCUT2D eigenvalue weighted by Gasteiger charge is 2.22. The third-order valence-corrected chi connectivity index (χ3v) is 5.28. The van der Waals surface area contributed by atoms with Crippen LogP contribution >= 0.6 is 0 Å². The van der Waals surface area contributed by atoms with Crippen molar-refractivity contribution in [2.75, 3.05) is 0 Å². The van der Waals surface area contributed by atoms with E-state index in [1.807, 2.05) is 63.2 Å². The summed E-state index contributed by atoms with van der Waals surface area (Å²) >= 11 is 0. The van der Waals surface area contributed by atoms with E-state index in [0.29, 0.717) is 18.8 Å². The Hall–Kier alpha value is -3.81. The first-order valence-corrected chi connectivity index (χ1v) is 10.6. The van der Waals surface area contributed by atoms with Gasteiger partial charge in [0, 0.05) is 12.0 Å². The van der Waals surface area contributed by atoms with Crippen LogP contribution in [-0.4, -0.2) is 35.0 Å². The zero-order valence-electron chi connectivity index (χ0n) is 18.6. The van der Waals surface area contributed by atoms with Crippen LogP contribution in [0.2, 0.25) is 0 Å². The average molecular weight is 430 g/mol. The predicted octanol–water partition coefficient (Wildman–Crippen LogP) is 3.81. The lowest BCUT2D eigenvalue weighted by atomic mass is 9.98. The van der Waals surface area contributed by atoms with Crippen LogP contribution in [0, 0.1) is 0 Å². The van der Waals surface area contributed by atoms with Crippen molar-refractivity contribution >= 4 is 0 Å². The van der Waals surface area contributed by atoms with E-state index in [2.05, 4.69) is 44.4 Å². The minimum absolute atomic E-state index is 0.0937. The normalized spacial score (nSPS) is 11.6. The number of hydrogen-bond acceptors (Lipinski definition) is 5. The van der Waals surface area contributed by atoms with Gasteiger partial charge in [0.1, 0.15) is 5.82 Å². The molecule has 0 amide bonds. The van der Waals surface area contributed by atoms with E-state index in [1.165, 1.54) is 0 Å². The largest absolute Gasteiger partial charge is 0.346 e. The second kappa shape index (κ2) is 8.74. The molecular formula is C24H27N7O. The van der Waals surface area contributed by atoms with Crippen LogP contribution in [0.15, 0.2) is 66.0 Å². The number of tetrazole rings is 1. The van der Waals surface area contributed by atoms with Crippen molar-refractivity contribution in [3.8, 4) is 22.5 Å². The first kappa shape index (κ1) is 21.4. The minimum atomic E-state index is -0.381. The fourth-order valence-electron chi connectivity index (χ4n) is 3.64. The van der Waals surface area contributed by atoms with Gasteiger partial charge in [-0.25, -0.2) is 14.6 Å². The number of allylic oxidation sites excluding steroid dienone is 1. The molecule has 1 N–H and O–H groups in total. The van der Waals surface area contributed by atoms with Gasteiger partial charge in [-0.15, -0.1) is 11.7 Å². The Labute approximate surface area is 186 Å². The number of hydrogen-bond donors (Lipinski definition) is 1. The lowest BCUT2D eigenvalue weighted by Gasteiger charge is -2.16. The molecule has 32 heavy (non-hydrogen) atoms. The number of aromatic nitrogens is 7. The van der Waals surface area contributed by atoms with Crippen molar-refractivity contribution in [3.05, 3.63) is 83.1 Å². The average Bonchev–Trinajstić information content (AvgIpc) is 3.42. The molecule has 0 aliphatic heterocycles. The smallest absolute Gasteiger partial charge is 0.274 e.